The van der Waals surface area contributed by atoms with Crippen LogP contribution in [0, 0.1) is 5.92 Å². The maximum atomic E-state index is 13.2. The molecule has 0 saturated carbocycles. The second-order valence-electron chi connectivity index (χ2n) is 6.64. The summed E-state index contributed by atoms with van der Waals surface area (Å²) in [6.07, 6.45) is 3.00. The molecular formula is C16H19F2N5O. The van der Waals surface area contributed by atoms with Crippen molar-refractivity contribution in [2.75, 3.05) is 31.1 Å². The summed E-state index contributed by atoms with van der Waals surface area (Å²) in [4.78, 5) is 24.7. The average molecular weight is 335 g/mol. The van der Waals surface area contributed by atoms with Gasteiger partial charge in [0.15, 0.2) is 0 Å². The summed E-state index contributed by atoms with van der Waals surface area (Å²) >= 11 is 0. The fraction of sp³-hybridized carbons (Fsp3) is 0.562. The van der Waals surface area contributed by atoms with Crippen molar-refractivity contribution in [1.29, 1.82) is 0 Å². The molecule has 24 heavy (non-hydrogen) atoms. The standard InChI is InChI=1S/C16H19F2N5O/c1-21-5-2-12-13(21)19-10-20-14(12)23-8-11(9-23)15(24)22-6-3-16(17,18)4-7-22/h2,5,10-11H,3-4,6-9H2,1H3. The third-order valence-electron chi connectivity index (χ3n) is 4.98. The Kier molecular flexibility index (Phi) is 3.43. The molecule has 0 spiro atoms. The number of hydrogen-bond donors (Lipinski definition) is 0. The summed E-state index contributed by atoms with van der Waals surface area (Å²) in [6.45, 7) is 1.46. The fourth-order valence-corrected chi connectivity index (χ4v) is 3.44. The van der Waals surface area contributed by atoms with Crippen molar-refractivity contribution in [1.82, 2.24) is 19.4 Å². The van der Waals surface area contributed by atoms with Crippen LogP contribution < -0.4 is 4.90 Å². The van der Waals surface area contributed by atoms with E-state index in [1.807, 2.05) is 28.8 Å². The van der Waals surface area contributed by atoms with Crippen LogP contribution >= 0.6 is 0 Å². The molecule has 4 rings (SSSR count). The van der Waals surface area contributed by atoms with Crippen molar-refractivity contribution in [2.45, 2.75) is 18.8 Å². The predicted molar refractivity (Wildman–Crippen MR) is 85.0 cm³/mol. The number of anilines is 1. The number of aryl methyl sites for hydroxylation is 1. The number of amides is 1. The van der Waals surface area contributed by atoms with Crippen molar-refractivity contribution in [3.63, 3.8) is 0 Å². The Morgan fingerprint density at radius 2 is 1.96 bits per heavy atom. The molecule has 0 radical (unpaired) electrons. The molecule has 128 valence electrons. The first kappa shape index (κ1) is 15.3. The molecule has 2 aliphatic heterocycles. The number of hydrogen-bond acceptors (Lipinski definition) is 4. The number of likely N-dealkylation sites (tertiary alicyclic amines) is 1. The van der Waals surface area contributed by atoms with Gasteiger partial charge in [-0.15, -0.1) is 0 Å². The van der Waals surface area contributed by atoms with E-state index in [9.17, 15) is 13.6 Å². The molecule has 2 aromatic rings. The van der Waals surface area contributed by atoms with Crippen LogP contribution in [0.5, 0.6) is 0 Å². The van der Waals surface area contributed by atoms with E-state index >= 15 is 0 Å². The second kappa shape index (κ2) is 5.39. The van der Waals surface area contributed by atoms with E-state index in [0.717, 1.165) is 16.9 Å². The molecule has 2 aliphatic rings. The van der Waals surface area contributed by atoms with Crippen molar-refractivity contribution < 1.29 is 13.6 Å². The van der Waals surface area contributed by atoms with Gasteiger partial charge in [-0.2, -0.15) is 0 Å². The summed E-state index contributed by atoms with van der Waals surface area (Å²) < 4.78 is 28.3. The molecule has 0 atom stereocenters. The van der Waals surface area contributed by atoms with Gasteiger partial charge in [0.05, 0.1) is 11.3 Å². The minimum Gasteiger partial charge on any atom is -0.354 e. The van der Waals surface area contributed by atoms with Crippen LogP contribution in [0.1, 0.15) is 12.8 Å². The molecule has 8 heteroatoms. The van der Waals surface area contributed by atoms with Gasteiger partial charge in [0.25, 0.3) is 5.92 Å². The van der Waals surface area contributed by atoms with Crippen LogP contribution in [-0.2, 0) is 11.8 Å². The van der Waals surface area contributed by atoms with Gasteiger partial charge in [-0.05, 0) is 6.07 Å². The third kappa shape index (κ3) is 2.50. The van der Waals surface area contributed by atoms with E-state index in [4.69, 9.17) is 0 Å². The van der Waals surface area contributed by atoms with E-state index in [0.29, 0.717) is 13.1 Å². The molecule has 2 fully saturated rings. The van der Waals surface area contributed by atoms with E-state index in [2.05, 4.69) is 9.97 Å². The average Bonchev–Trinajstić information content (AvgIpc) is 2.88. The highest BCUT2D eigenvalue weighted by atomic mass is 19.3. The zero-order valence-corrected chi connectivity index (χ0v) is 13.5. The Labute approximate surface area is 138 Å². The lowest BCUT2D eigenvalue weighted by Crippen LogP contribution is -2.56. The predicted octanol–water partition coefficient (Wildman–Crippen LogP) is 1.66. The monoisotopic (exact) mass is 335 g/mol. The molecule has 4 heterocycles. The first-order chi connectivity index (χ1) is 11.4. The van der Waals surface area contributed by atoms with Crippen molar-refractivity contribution in [3.8, 4) is 0 Å². The fourth-order valence-electron chi connectivity index (χ4n) is 3.44. The van der Waals surface area contributed by atoms with Gasteiger partial charge in [0.2, 0.25) is 5.91 Å². The van der Waals surface area contributed by atoms with Crippen LogP contribution in [0.25, 0.3) is 11.0 Å². The van der Waals surface area contributed by atoms with Crippen molar-refractivity contribution >= 4 is 22.8 Å². The summed E-state index contributed by atoms with van der Waals surface area (Å²) in [5.41, 5.74) is 0.855. The SMILES string of the molecule is Cn1ccc2c(N3CC(C(=O)N4CCC(F)(F)CC4)C3)ncnc21. The Morgan fingerprint density at radius 1 is 1.25 bits per heavy atom. The molecule has 2 saturated heterocycles. The van der Waals surface area contributed by atoms with Crippen molar-refractivity contribution in [2.24, 2.45) is 13.0 Å². The number of nitrogens with zero attached hydrogens (tertiary/aromatic N) is 5. The summed E-state index contributed by atoms with van der Waals surface area (Å²) in [7, 11) is 1.92. The number of fused-ring (bicyclic) bond motifs is 1. The van der Waals surface area contributed by atoms with E-state index in [-0.39, 0.29) is 37.8 Å². The molecule has 0 aliphatic carbocycles. The van der Waals surface area contributed by atoms with Gasteiger partial charge in [-0.25, -0.2) is 18.7 Å². The maximum Gasteiger partial charge on any atom is 0.251 e. The topological polar surface area (TPSA) is 54.3 Å². The largest absolute Gasteiger partial charge is 0.354 e. The van der Waals surface area contributed by atoms with Crippen LogP contribution in [-0.4, -0.2) is 57.4 Å². The van der Waals surface area contributed by atoms with E-state index < -0.39 is 5.92 Å². The summed E-state index contributed by atoms with van der Waals surface area (Å²) in [5.74, 6) is -1.94. The van der Waals surface area contributed by atoms with Gasteiger partial charge < -0.3 is 14.4 Å². The molecule has 0 aromatic carbocycles. The van der Waals surface area contributed by atoms with Crippen LogP contribution in [0.4, 0.5) is 14.6 Å². The molecule has 6 nitrogen and oxygen atoms in total. The summed E-state index contributed by atoms with van der Waals surface area (Å²) in [6, 6.07) is 1.96. The van der Waals surface area contributed by atoms with Gasteiger partial charge in [0.1, 0.15) is 17.8 Å². The minimum atomic E-state index is -2.62. The Balaban J connectivity index is 1.42. The zero-order chi connectivity index (χ0) is 16.9. The normalized spacial score (nSPS) is 21.1. The van der Waals surface area contributed by atoms with Gasteiger partial charge >= 0.3 is 0 Å². The lowest BCUT2D eigenvalue weighted by molar-refractivity contribution is -0.142. The highest BCUT2D eigenvalue weighted by molar-refractivity contribution is 5.90. The number of halogens is 2. The zero-order valence-electron chi connectivity index (χ0n) is 13.5. The van der Waals surface area contributed by atoms with Crippen LogP contribution in [0.3, 0.4) is 0 Å². The van der Waals surface area contributed by atoms with Gasteiger partial charge in [0, 0.05) is 52.3 Å². The molecule has 0 unspecified atom stereocenters. The van der Waals surface area contributed by atoms with Gasteiger partial charge in [-0.3, -0.25) is 4.79 Å². The van der Waals surface area contributed by atoms with E-state index in [1.165, 1.54) is 6.33 Å². The minimum absolute atomic E-state index is 0.0138. The molecule has 2 aromatic heterocycles. The second-order valence-corrected chi connectivity index (χ2v) is 6.64. The maximum absolute atomic E-state index is 13.2. The molecule has 0 N–H and O–H groups in total. The molecular weight excluding hydrogens is 316 g/mol. The molecule has 0 bridgehead atoms. The first-order valence-electron chi connectivity index (χ1n) is 8.12. The highest BCUT2D eigenvalue weighted by Crippen LogP contribution is 2.32. The van der Waals surface area contributed by atoms with E-state index in [1.54, 1.807) is 4.90 Å². The quantitative estimate of drug-likeness (QED) is 0.838. The lowest BCUT2D eigenvalue weighted by atomic mass is 9.96. The Morgan fingerprint density at radius 3 is 2.67 bits per heavy atom. The smallest absolute Gasteiger partial charge is 0.251 e. The number of carbonyl (C=O) groups is 1. The number of rotatable bonds is 2. The summed E-state index contributed by atoms with van der Waals surface area (Å²) in [5, 5.41) is 0.962. The van der Waals surface area contributed by atoms with Gasteiger partial charge in [-0.1, -0.05) is 0 Å². The number of aromatic nitrogens is 3. The van der Waals surface area contributed by atoms with Crippen LogP contribution in [0.2, 0.25) is 0 Å². The number of alkyl halides is 2. The number of piperidine rings is 1. The highest BCUT2D eigenvalue weighted by Gasteiger charge is 2.41. The first-order valence-corrected chi connectivity index (χ1v) is 8.12. The Hall–Kier alpha value is -2.25. The van der Waals surface area contributed by atoms with Crippen molar-refractivity contribution in [3.05, 3.63) is 18.6 Å². The Bertz CT molecular complexity index is 774. The molecule has 1 amide bonds. The van der Waals surface area contributed by atoms with Crippen LogP contribution in [0.15, 0.2) is 18.6 Å². The number of carbonyl (C=O) groups excluding carboxylic acids is 1. The third-order valence-corrected chi connectivity index (χ3v) is 4.98. The lowest BCUT2D eigenvalue weighted by Gasteiger charge is -2.42.